The van der Waals surface area contributed by atoms with Crippen molar-refractivity contribution in [2.24, 2.45) is 0 Å². The molecule has 1 saturated heterocycles. The van der Waals surface area contributed by atoms with E-state index in [1.807, 2.05) is 30.3 Å². The lowest BCUT2D eigenvalue weighted by molar-refractivity contribution is -0.157. The number of ether oxygens (including phenoxy) is 1. The molecule has 0 spiro atoms. The fraction of sp³-hybridized carbons (Fsp3) is 0.214. The van der Waals surface area contributed by atoms with Crippen LogP contribution in [0.5, 0.6) is 5.75 Å². The van der Waals surface area contributed by atoms with Crippen LogP contribution in [0.1, 0.15) is 0 Å². The molecule has 0 aromatic heterocycles. The molecule has 0 N–H and O–H groups in total. The zero-order valence-electron chi connectivity index (χ0n) is 9.37. The Kier molecular flexibility index (Phi) is 3.15. The number of hydrogen-bond donors (Lipinski definition) is 0. The number of rotatable bonds is 4. The Morgan fingerprint density at radius 2 is 2.18 bits per heavy atom. The lowest BCUT2D eigenvalue weighted by atomic mass is 9.98. The molecule has 1 amide bonds. The van der Waals surface area contributed by atoms with Crippen molar-refractivity contribution >= 4 is 5.91 Å². The molecule has 86 valence electrons. The second-order valence-electron chi connectivity index (χ2n) is 3.75. The summed E-state index contributed by atoms with van der Waals surface area (Å²) in [6, 6.07) is 9.11. The fourth-order valence-corrected chi connectivity index (χ4v) is 1.84. The Morgan fingerprint density at radius 3 is 2.76 bits per heavy atom. The Labute approximate surface area is 101 Å². The third kappa shape index (κ3) is 2.02. The van der Waals surface area contributed by atoms with E-state index in [0.717, 1.165) is 0 Å². The number of likely N-dealkylation sites (tertiary alicyclic amines) is 1. The van der Waals surface area contributed by atoms with Crippen LogP contribution < -0.4 is 4.74 Å². The zero-order valence-corrected chi connectivity index (χ0v) is 9.37. The lowest BCUT2D eigenvalue weighted by Crippen LogP contribution is -2.66. The van der Waals surface area contributed by atoms with Crippen LogP contribution in [0.4, 0.5) is 0 Å². The van der Waals surface area contributed by atoms with Crippen molar-refractivity contribution in [3.05, 3.63) is 43.0 Å². The molecule has 1 heterocycles. The van der Waals surface area contributed by atoms with Crippen molar-refractivity contribution in [2.75, 3.05) is 6.54 Å². The van der Waals surface area contributed by atoms with Crippen molar-refractivity contribution in [1.82, 2.24) is 4.90 Å². The Hall–Kier alpha value is -2.21. The summed E-state index contributed by atoms with van der Waals surface area (Å²) in [6.07, 6.45) is 6.39. The number of carbonyl (C=O) groups excluding carboxylic acids is 1. The summed E-state index contributed by atoms with van der Waals surface area (Å²) in [4.78, 5) is 13.4. The molecular formula is C14H13NO2. The molecule has 17 heavy (non-hydrogen) atoms. The minimum Gasteiger partial charge on any atom is -0.478 e. The molecule has 3 nitrogen and oxygen atoms in total. The number of para-hydroxylation sites is 1. The van der Waals surface area contributed by atoms with Gasteiger partial charge in [-0.15, -0.1) is 13.0 Å². The molecular weight excluding hydrogens is 214 g/mol. The number of terminal acetylenes is 1. The third-order valence-electron chi connectivity index (χ3n) is 2.71. The van der Waals surface area contributed by atoms with E-state index in [4.69, 9.17) is 11.2 Å². The summed E-state index contributed by atoms with van der Waals surface area (Å²) >= 11 is 0. The normalized spacial score (nSPS) is 22.5. The Morgan fingerprint density at radius 1 is 1.47 bits per heavy atom. The molecule has 2 rings (SSSR count). The van der Waals surface area contributed by atoms with Crippen LogP contribution in [-0.2, 0) is 4.79 Å². The van der Waals surface area contributed by atoms with Gasteiger partial charge in [-0.1, -0.05) is 30.2 Å². The van der Waals surface area contributed by atoms with Crippen LogP contribution >= 0.6 is 0 Å². The fourth-order valence-electron chi connectivity index (χ4n) is 1.84. The molecule has 1 fully saturated rings. The van der Waals surface area contributed by atoms with Crippen molar-refractivity contribution < 1.29 is 9.53 Å². The molecule has 0 saturated carbocycles. The van der Waals surface area contributed by atoms with Crippen LogP contribution in [0.2, 0.25) is 0 Å². The predicted molar refractivity (Wildman–Crippen MR) is 65.4 cm³/mol. The maximum atomic E-state index is 11.8. The lowest BCUT2D eigenvalue weighted by Gasteiger charge is -2.44. The average molecular weight is 227 g/mol. The molecule has 1 aliphatic rings. The first-order valence-electron chi connectivity index (χ1n) is 5.36. The number of β-lactam (4-membered cyclic amide) rings is 1. The van der Waals surface area contributed by atoms with Crippen molar-refractivity contribution in [1.29, 1.82) is 0 Å². The molecule has 0 unspecified atom stereocenters. The van der Waals surface area contributed by atoms with Crippen LogP contribution in [0.25, 0.3) is 0 Å². The Balaban J connectivity index is 2.06. The average Bonchev–Trinajstić information content (AvgIpc) is 2.38. The van der Waals surface area contributed by atoms with Gasteiger partial charge < -0.3 is 9.64 Å². The number of benzene rings is 1. The van der Waals surface area contributed by atoms with Crippen molar-refractivity contribution in [3.8, 4) is 18.1 Å². The van der Waals surface area contributed by atoms with Crippen LogP contribution in [0, 0.1) is 12.3 Å². The quantitative estimate of drug-likeness (QED) is 0.443. The van der Waals surface area contributed by atoms with Gasteiger partial charge in [-0.05, 0) is 12.1 Å². The second-order valence-corrected chi connectivity index (χ2v) is 3.75. The first-order chi connectivity index (χ1) is 8.27. The first kappa shape index (κ1) is 11.3. The third-order valence-corrected chi connectivity index (χ3v) is 2.71. The first-order valence-corrected chi connectivity index (χ1v) is 5.36. The van der Waals surface area contributed by atoms with Crippen LogP contribution in [0.3, 0.4) is 0 Å². The molecule has 0 aliphatic carbocycles. The van der Waals surface area contributed by atoms with Gasteiger partial charge in [0.15, 0.2) is 0 Å². The summed E-state index contributed by atoms with van der Waals surface area (Å²) in [5.74, 6) is 3.04. The van der Waals surface area contributed by atoms with Gasteiger partial charge in [-0.25, -0.2) is 0 Å². The number of hydrogen-bond acceptors (Lipinski definition) is 2. The molecule has 2 atom stereocenters. The highest BCUT2D eigenvalue weighted by atomic mass is 16.5. The van der Waals surface area contributed by atoms with Crippen molar-refractivity contribution in [2.45, 2.75) is 12.1 Å². The summed E-state index contributed by atoms with van der Waals surface area (Å²) in [5, 5.41) is 0. The van der Waals surface area contributed by atoms with Gasteiger partial charge in [0.2, 0.25) is 6.10 Å². The smallest absolute Gasteiger partial charge is 0.267 e. The molecule has 1 aromatic carbocycles. The minimum atomic E-state index is -0.497. The van der Waals surface area contributed by atoms with E-state index in [1.165, 1.54) is 0 Å². The molecule has 1 aliphatic heterocycles. The van der Waals surface area contributed by atoms with Gasteiger partial charge in [0.1, 0.15) is 5.75 Å². The molecule has 3 heteroatoms. The van der Waals surface area contributed by atoms with E-state index in [-0.39, 0.29) is 11.9 Å². The molecule has 0 bridgehead atoms. The van der Waals surface area contributed by atoms with E-state index >= 15 is 0 Å². The van der Waals surface area contributed by atoms with Gasteiger partial charge in [-0.3, -0.25) is 4.79 Å². The highest BCUT2D eigenvalue weighted by molar-refractivity contribution is 5.89. The summed E-state index contributed by atoms with van der Waals surface area (Å²) < 4.78 is 5.61. The number of carbonyl (C=O) groups is 1. The largest absolute Gasteiger partial charge is 0.478 e. The standard InChI is InChI=1S/C14H13NO2/c1-3-10-15-12(4-2)13(14(15)16)17-11-8-6-5-7-9-11/h1,4-9,12-13H,2,10H2/t12-,13+/m0/s1. The molecule has 1 aromatic rings. The zero-order chi connectivity index (χ0) is 12.3. The summed E-state index contributed by atoms with van der Waals surface area (Å²) in [7, 11) is 0. The van der Waals surface area contributed by atoms with Crippen LogP contribution in [-0.4, -0.2) is 29.5 Å². The summed E-state index contributed by atoms with van der Waals surface area (Å²) in [6.45, 7) is 3.99. The number of amides is 1. The SMILES string of the molecule is C#CCN1C(=O)[C@H](Oc2ccccc2)[C@@H]1C=C. The molecule has 0 radical (unpaired) electrons. The van der Waals surface area contributed by atoms with Gasteiger partial charge in [0.25, 0.3) is 5.91 Å². The Bertz CT molecular complexity index is 461. The van der Waals surface area contributed by atoms with Gasteiger partial charge in [-0.2, -0.15) is 0 Å². The van der Waals surface area contributed by atoms with E-state index in [2.05, 4.69) is 12.5 Å². The van der Waals surface area contributed by atoms with Gasteiger partial charge >= 0.3 is 0 Å². The maximum absolute atomic E-state index is 11.8. The van der Waals surface area contributed by atoms with Crippen LogP contribution in [0.15, 0.2) is 43.0 Å². The van der Waals surface area contributed by atoms with E-state index < -0.39 is 6.10 Å². The van der Waals surface area contributed by atoms with E-state index in [0.29, 0.717) is 12.3 Å². The topological polar surface area (TPSA) is 29.5 Å². The minimum absolute atomic E-state index is 0.0864. The highest BCUT2D eigenvalue weighted by Crippen LogP contribution is 2.25. The summed E-state index contributed by atoms with van der Waals surface area (Å²) in [5.41, 5.74) is 0. The number of nitrogens with zero attached hydrogens (tertiary/aromatic N) is 1. The highest BCUT2D eigenvalue weighted by Gasteiger charge is 2.47. The second kappa shape index (κ2) is 4.75. The van der Waals surface area contributed by atoms with E-state index in [1.54, 1.807) is 11.0 Å². The predicted octanol–water partition coefficient (Wildman–Crippen LogP) is 1.46. The van der Waals surface area contributed by atoms with Gasteiger partial charge in [0.05, 0.1) is 12.6 Å². The van der Waals surface area contributed by atoms with Crippen molar-refractivity contribution in [3.63, 3.8) is 0 Å². The monoisotopic (exact) mass is 227 g/mol. The van der Waals surface area contributed by atoms with E-state index in [9.17, 15) is 4.79 Å². The maximum Gasteiger partial charge on any atom is 0.267 e. The van der Waals surface area contributed by atoms with Gasteiger partial charge in [0, 0.05) is 0 Å².